The molecule has 0 aromatic carbocycles. The molecule has 0 atom stereocenters. The van der Waals surface area contributed by atoms with Crippen LogP contribution < -0.4 is 16.0 Å². The summed E-state index contributed by atoms with van der Waals surface area (Å²) in [5.74, 6) is 1.83. The molecule has 1 amide bonds. The molecule has 2 rings (SSSR count). The van der Waals surface area contributed by atoms with Crippen LogP contribution in [0.4, 0.5) is 11.8 Å². The highest BCUT2D eigenvalue weighted by Gasteiger charge is 2.20. The van der Waals surface area contributed by atoms with Gasteiger partial charge >= 0.3 is 0 Å². The summed E-state index contributed by atoms with van der Waals surface area (Å²) in [6.45, 7) is 6.04. The third-order valence-electron chi connectivity index (χ3n) is 3.90. The number of hydrogen-bond acceptors (Lipinski definition) is 5. The van der Waals surface area contributed by atoms with Crippen molar-refractivity contribution in [3.8, 4) is 0 Å². The van der Waals surface area contributed by atoms with Gasteiger partial charge in [-0.2, -0.15) is 4.98 Å². The Labute approximate surface area is 132 Å². The summed E-state index contributed by atoms with van der Waals surface area (Å²) in [5, 5.41) is 9.35. The van der Waals surface area contributed by atoms with Gasteiger partial charge in [0.2, 0.25) is 11.9 Å². The van der Waals surface area contributed by atoms with Crippen molar-refractivity contribution in [2.24, 2.45) is 5.92 Å². The zero-order valence-corrected chi connectivity index (χ0v) is 13.6. The quantitative estimate of drug-likeness (QED) is 0.674. The summed E-state index contributed by atoms with van der Waals surface area (Å²) >= 11 is 0. The van der Waals surface area contributed by atoms with Crippen LogP contribution in [-0.4, -0.2) is 35.5 Å². The Hall–Kier alpha value is -1.85. The van der Waals surface area contributed by atoms with E-state index in [0.717, 1.165) is 30.9 Å². The fourth-order valence-corrected chi connectivity index (χ4v) is 2.79. The Bertz CT molecular complexity index is 485. The third kappa shape index (κ3) is 5.16. The maximum Gasteiger partial charge on any atom is 0.224 e. The minimum absolute atomic E-state index is 0.194. The van der Waals surface area contributed by atoms with Gasteiger partial charge in [0.15, 0.2) is 0 Å². The first-order chi connectivity index (χ1) is 10.7. The number of amides is 1. The van der Waals surface area contributed by atoms with Crippen molar-refractivity contribution in [1.82, 2.24) is 15.3 Å². The second kappa shape index (κ2) is 8.56. The van der Waals surface area contributed by atoms with Gasteiger partial charge in [-0.05, 0) is 26.7 Å². The number of anilines is 2. The average Bonchev–Trinajstić information content (AvgIpc) is 2.52. The van der Waals surface area contributed by atoms with Crippen LogP contribution in [0.3, 0.4) is 0 Å². The molecule has 6 nitrogen and oxygen atoms in total. The van der Waals surface area contributed by atoms with Gasteiger partial charge in [0.25, 0.3) is 0 Å². The van der Waals surface area contributed by atoms with E-state index in [2.05, 4.69) is 25.9 Å². The number of hydrogen-bond donors (Lipinski definition) is 3. The molecule has 1 aromatic rings. The molecule has 0 unspecified atom stereocenters. The van der Waals surface area contributed by atoms with E-state index in [1.807, 2.05) is 19.9 Å². The molecule has 0 saturated heterocycles. The number of rotatable bonds is 7. The van der Waals surface area contributed by atoms with Crippen molar-refractivity contribution < 1.29 is 4.79 Å². The lowest BCUT2D eigenvalue weighted by Gasteiger charge is -2.20. The molecule has 122 valence electrons. The third-order valence-corrected chi connectivity index (χ3v) is 3.90. The minimum Gasteiger partial charge on any atom is -0.370 e. The molecule has 0 aliphatic heterocycles. The first-order valence-corrected chi connectivity index (χ1v) is 8.30. The average molecular weight is 305 g/mol. The molecule has 22 heavy (non-hydrogen) atoms. The van der Waals surface area contributed by atoms with E-state index in [-0.39, 0.29) is 11.8 Å². The van der Waals surface area contributed by atoms with Crippen LogP contribution in [0.25, 0.3) is 0 Å². The van der Waals surface area contributed by atoms with E-state index in [0.29, 0.717) is 19.0 Å². The van der Waals surface area contributed by atoms with Crippen LogP contribution >= 0.6 is 0 Å². The van der Waals surface area contributed by atoms with Crippen molar-refractivity contribution in [3.63, 3.8) is 0 Å². The van der Waals surface area contributed by atoms with Gasteiger partial charge in [-0.1, -0.05) is 19.3 Å². The molecule has 1 fully saturated rings. The van der Waals surface area contributed by atoms with Crippen molar-refractivity contribution in [2.45, 2.75) is 46.0 Å². The largest absolute Gasteiger partial charge is 0.370 e. The minimum atomic E-state index is 0.194. The van der Waals surface area contributed by atoms with Gasteiger partial charge < -0.3 is 16.0 Å². The number of nitrogens with one attached hydrogen (secondary N) is 3. The first-order valence-electron chi connectivity index (χ1n) is 8.30. The highest BCUT2D eigenvalue weighted by Crippen LogP contribution is 2.23. The number of nitrogens with zero attached hydrogens (tertiary/aromatic N) is 2. The molecule has 1 aliphatic carbocycles. The molecule has 1 heterocycles. The molecular formula is C16H27N5O. The first kappa shape index (κ1) is 16.5. The van der Waals surface area contributed by atoms with Gasteiger partial charge in [0.05, 0.1) is 0 Å². The predicted octanol–water partition coefficient (Wildman–Crippen LogP) is 2.33. The number of aryl methyl sites for hydroxylation is 1. The summed E-state index contributed by atoms with van der Waals surface area (Å²) in [6, 6.07) is 1.92. The summed E-state index contributed by atoms with van der Waals surface area (Å²) in [5.41, 5.74) is 0.916. The van der Waals surface area contributed by atoms with Crippen LogP contribution in [0.2, 0.25) is 0 Å². The maximum absolute atomic E-state index is 12.0. The summed E-state index contributed by atoms with van der Waals surface area (Å²) in [6.07, 6.45) is 5.70. The lowest BCUT2D eigenvalue weighted by molar-refractivity contribution is -0.125. The lowest BCUT2D eigenvalue weighted by Crippen LogP contribution is -2.35. The van der Waals surface area contributed by atoms with Gasteiger partial charge in [-0.15, -0.1) is 0 Å². The topological polar surface area (TPSA) is 78.9 Å². The molecule has 3 N–H and O–H groups in total. The molecule has 1 saturated carbocycles. The van der Waals surface area contributed by atoms with Gasteiger partial charge in [0, 0.05) is 37.3 Å². The Morgan fingerprint density at radius 2 is 1.95 bits per heavy atom. The fourth-order valence-electron chi connectivity index (χ4n) is 2.79. The zero-order valence-electron chi connectivity index (χ0n) is 13.6. The Balaban J connectivity index is 1.72. The molecule has 0 radical (unpaired) electrons. The number of aromatic nitrogens is 2. The van der Waals surface area contributed by atoms with Crippen molar-refractivity contribution >= 4 is 17.7 Å². The van der Waals surface area contributed by atoms with Gasteiger partial charge in [-0.3, -0.25) is 4.79 Å². The van der Waals surface area contributed by atoms with Crippen LogP contribution in [-0.2, 0) is 4.79 Å². The summed E-state index contributed by atoms with van der Waals surface area (Å²) in [4.78, 5) is 20.8. The summed E-state index contributed by atoms with van der Waals surface area (Å²) in [7, 11) is 0. The predicted molar refractivity (Wildman–Crippen MR) is 89.0 cm³/mol. The fraction of sp³-hybridized carbons (Fsp3) is 0.688. The number of carbonyl (C=O) groups excluding carboxylic acids is 1. The maximum atomic E-state index is 12.0. The van der Waals surface area contributed by atoms with Crippen LogP contribution in [0.1, 0.15) is 44.7 Å². The van der Waals surface area contributed by atoms with E-state index in [4.69, 9.17) is 0 Å². The summed E-state index contributed by atoms with van der Waals surface area (Å²) < 4.78 is 0. The lowest BCUT2D eigenvalue weighted by atomic mass is 9.89. The smallest absolute Gasteiger partial charge is 0.224 e. The molecular weight excluding hydrogens is 278 g/mol. The van der Waals surface area contributed by atoms with Crippen molar-refractivity contribution in [2.75, 3.05) is 30.3 Å². The van der Waals surface area contributed by atoms with E-state index < -0.39 is 0 Å². The normalized spacial score (nSPS) is 15.4. The van der Waals surface area contributed by atoms with Crippen molar-refractivity contribution in [1.29, 1.82) is 0 Å². The van der Waals surface area contributed by atoms with Crippen LogP contribution in [0.5, 0.6) is 0 Å². The standard InChI is InChI=1S/C16H27N5O/c1-3-17-14-11-12(2)20-16(21-14)19-10-9-18-15(22)13-7-5-4-6-8-13/h11,13H,3-10H2,1-2H3,(H,18,22)(H2,17,19,20,21). The Morgan fingerprint density at radius 3 is 2.68 bits per heavy atom. The van der Waals surface area contributed by atoms with Crippen molar-refractivity contribution in [3.05, 3.63) is 11.8 Å². The molecule has 1 aliphatic rings. The number of carbonyl (C=O) groups is 1. The van der Waals surface area contributed by atoms with Gasteiger partial charge in [-0.25, -0.2) is 4.98 Å². The molecule has 1 aromatic heterocycles. The Morgan fingerprint density at radius 1 is 1.18 bits per heavy atom. The van der Waals surface area contributed by atoms with E-state index in [9.17, 15) is 4.79 Å². The Kier molecular flexibility index (Phi) is 6.43. The zero-order chi connectivity index (χ0) is 15.8. The second-order valence-corrected chi connectivity index (χ2v) is 5.80. The van der Waals surface area contributed by atoms with Crippen LogP contribution in [0.15, 0.2) is 6.07 Å². The van der Waals surface area contributed by atoms with E-state index in [1.54, 1.807) is 0 Å². The van der Waals surface area contributed by atoms with Crippen LogP contribution in [0, 0.1) is 12.8 Å². The molecule has 6 heteroatoms. The van der Waals surface area contributed by atoms with E-state index in [1.165, 1.54) is 19.3 Å². The monoisotopic (exact) mass is 305 g/mol. The highest BCUT2D eigenvalue weighted by atomic mass is 16.1. The molecule has 0 bridgehead atoms. The second-order valence-electron chi connectivity index (χ2n) is 5.80. The molecule has 0 spiro atoms. The highest BCUT2D eigenvalue weighted by molar-refractivity contribution is 5.78. The van der Waals surface area contributed by atoms with Gasteiger partial charge in [0.1, 0.15) is 5.82 Å². The van der Waals surface area contributed by atoms with E-state index >= 15 is 0 Å². The SMILES string of the molecule is CCNc1cc(C)nc(NCCNC(=O)C2CCCCC2)n1.